The molecule has 0 heterocycles. The van der Waals surface area contributed by atoms with Crippen molar-refractivity contribution in [2.24, 2.45) is 5.92 Å². The number of aryl methyl sites for hydroxylation is 2. The fourth-order valence-electron chi connectivity index (χ4n) is 4.14. The molecule has 33 heavy (non-hydrogen) atoms. The van der Waals surface area contributed by atoms with E-state index >= 15 is 0 Å². The lowest BCUT2D eigenvalue weighted by Crippen LogP contribution is -2.23. The maximum absolute atomic E-state index is 13.0. The summed E-state index contributed by atoms with van der Waals surface area (Å²) in [6.07, 6.45) is 4.96. The number of esters is 1. The third-order valence-corrected chi connectivity index (χ3v) is 7.66. The molecule has 8 nitrogen and oxygen atoms in total. The van der Waals surface area contributed by atoms with Gasteiger partial charge in [-0.15, -0.1) is 0 Å². The van der Waals surface area contributed by atoms with Gasteiger partial charge in [0.25, 0.3) is 0 Å². The molecule has 2 N–H and O–H groups in total. The molecular formula is C24H29NO7S. The van der Waals surface area contributed by atoms with Crippen LogP contribution in [0.4, 0.5) is 5.69 Å². The summed E-state index contributed by atoms with van der Waals surface area (Å²) in [5, 5.41) is 12.7. The minimum atomic E-state index is -3.68. The van der Waals surface area contributed by atoms with Gasteiger partial charge in [0.15, 0.2) is 9.84 Å². The van der Waals surface area contributed by atoms with Crippen LogP contribution in [0.25, 0.3) is 0 Å². The lowest BCUT2D eigenvalue weighted by molar-refractivity contribution is -0.150. The SMILES string of the molecule is COC(=O)C(=O)Nc1cc(C)c(Oc2ccc(O)c(S(=O)(=O)CC3CCCCC3)c2)c(C)c1. The molecule has 0 aliphatic heterocycles. The van der Waals surface area contributed by atoms with Crippen molar-refractivity contribution in [3.8, 4) is 17.2 Å². The van der Waals surface area contributed by atoms with Gasteiger partial charge in [-0.1, -0.05) is 19.3 Å². The molecule has 0 radical (unpaired) electrons. The predicted molar refractivity (Wildman–Crippen MR) is 123 cm³/mol. The van der Waals surface area contributed by atoms with Gasteiger partial charge in [-0.3, -0.25) is 4.79 Å². The second-order valence-corrected chi connectivity index (χ2v) is 10.4. The summed E-state index contributed by atoms with van der Waals surface area (Å²) in [6, 6.07) is 7.42. The molecule has 1 aliphatic rings. The van der Waals surface area contributed by atoms with E-state index in [1.165, 1.54) is 18.2 Å². The highest BCUT2D eigenvalue weighted by Crippen LogP contribution is 2.36. The standard InChI is InChI=1S/C24H29NO7S/c1-15-11-18(25-23(27)24(28)31-3)12-16(2)22(15)32-19-9-10-20(26)21(13-19)33(29,30)14-17-7-5-4-6-8-17/h9-13,17,26H,4-8,14H2,1-3H3,(H,25,27). The van der Waals surface area contributed by atoms with Crippen molar-refractivity contribution in [1.82, 2.24) is 0 Å². The monoisotopic (exact) mass is 475 g/mol. The van der Waals surface area contributed by atoms with Crippen LogP contribution in [0.3, 0.4) is 0 Å². The lowest BCUT2D eigenvalue weighted by atomic mass is 9.91. The van der Waals surface area contributed by atoms with Crippen LogP contribution in [0.5, 0.6) is 17.2 Å². The van der Waals surface area contributed by atoms with Gasteiger partial charge < -0.3 is 19.9 Å². The van der Waals surface area contributed by atoms with Crippen LogP contribution in [-0.4, -0.2) is 38.3 Å². The van der Waals surface area contributed by atoms with Gasteiger partial charge in [0.05, 0.1) is 12.9 Å². The smallest absolute Gasteiger partial charge is 0.396 e. The topological polar surface area (TPSA) is 119 Å². The van der Waals surface area contributed by atoms with E-state index in [1.807, 2.05) is 0 Å². The van der Waals surface area contributed by atoms with Crippen molar-refractivity contribution in [3.63, 3.8) is 0 Å². The Morgan fingerprint density at radius 2 is 1.70 bits per heavy atom. The van der Waals surface area contributed by atoms with Crippen LogP contribution in [0.2, 0.25) is 0 Å². The van der Waals surface area contributed by atoms with Gasteiger partial charge in [0.1, 0.15) is 22.1 Å². The van der Waals surface area contributed by atoms with Gasteiger partial charge in [-0.2, -0.15) is 0 Å². The summed E-state index contributed by atoms with van der Waals surface area (Å²) in [7, 11) is -2.56. The molecule has 0 spiro atoms. The number of benzene rings is 2. The number of rotatable bonds is 6. The number of carbonyl (C=O) groups excluding carboxylic acids is 2. The Morgan fingerprint density at radius 3 is 2.30 bits per heavy atom. The number of amides is 1. The van der Waals surface area contributed by atoms with Crippen LogP contribution >= 0.6 is 0 Å². The zero-order valence-electron chi connectivity index (χ0n) is 19.0. The number of carbonyl (C=O) groups is 2. The van der Waals surface area contributed by atoms with E-state index in [4.69, 9.17) is 4.74 Å². The van der Waals surface area contributed by atoms with E-state index in [-0.39, 0.29) is 28.1 Å². The van der Waals surface area contributed by atoms with Gasteiger partial charge in [0.2, 0.25) is 0 Å². The zero-order valence-corrected chi connectivity index (χ0v) is 19.8. The molecule has 3 rings (SSSR count). The van der Waals surface area contributed by atoms with Gasteiger partial charge in [0, 0.05) is 11.8 Å². The first-order valence-electron chi connectivity index (χ1n) is 10.8. The maximum atomic E-state index is 13.0. The number of nitrogens with one attached hydrogen (secondary N) is 1. The zero-order chi connectivity index (χ0) is 24.2. The normalized spacial score (nSPS) is 14.5. The highest BCUT2D eigenvalue weighted by atomic mass is 32.2. The Labute approximate surface area is 193 Å². The molecule has 0 aromatic heterocycles. The average Bonchev–Trinajstić information content (AvgIpc) is 2.77. The lowest BCUT2D eigenvalue weighted by Gasteiger charge is -2.21. The van der Waals surface area contributed by atoms with Crippen molar-refractivity contribution < 1.29 is 32.6 Å². The van der Waals surface area contributed by atoms with E-state index in [0.717, 1.165) is 39.2 Å². The van der Waals surface area contributed by atoms with E-state index in [9.17, 15) is 23.1 Å². The van der Waals surface area contributed by atoms with Crippen molar-refractivity contribution in [2.45, 2.75) is 50.8 Å². The Kier molecular flexibility index (Phi) is 7.63. The minimum Gasteiger partial charge on any atom is -0.507 e. The first-order valence-corrected chi connectivity index (χ1v) is 12.5. The summed E-state index contributed by atoms with van der Waals surface area (Å²) < 4.78 is 36.4. The van der Waals surface area contributed by atoms with Crippen molar-refractivity contribution in [1.29, 1.82) is 0 Å². The Balaban J connectivity index is 1.82. The molecule has 178 valence electrons. The van der Waals surface area contributed by atoms with Crippen LogP contribution in [-0.2, 0) is 24.2 Å². The fourth-order valence-corrected chi connectivity index (χ4v) is 5.95. The quantitative estimate of drug-likeness (QED) is 0.473. The molecule has 0 unspecified atom stereocenters. The molecule has 0 saturated heterocycles. The molecule has 0 atom stereocenters. The van der Waals surface area contributed by atoms with E-state index in [0.29, 0.717) is 22.6 Å². The fraction of sp³-hybridized carbons (Fsp3) is 0.417. The molecule has 2 aromatic carbocycles. The van der Waals surface area contributed by atoms with Crippen LogP contribution in [0, 0.1) is 19.8 Å². The number of phenolic OH excluding ortho intramolecular Hbond substituents is 1. The molecule has 0 bridgehead atoms. The second kappa shape index (κ2) is 10.2. The van der Waals surface area contributed by atoms with Gasteiger partial charge >= 0.3 is 11.9 Å². The van der Waals surface area contributed by atoms with Crippen LogP contribution in [0.1, 0.15) is 43.2 Å². The van der Waals surface area contributed by atoms with Gasteiger partial charge in [-0.05, 0) is 68.0 Å². The minimum absolute atomic E-state index is 0.0106. The summed E-state index contributed by atoms with van der Waals surface area (Å²) in [4.78, 5) is 22.9. The maximum Gasteiger partial charge on any atom is 0.396 e. The molecule has 1 saturated carbocycles. The average molecular weight is 476 g/mol. The number of sulfone groups is 1. The predicted octanol–water partition coefficient (Wildman–Crippen LogP) is 4.27. The van der Waals surface area contributed by atoms with Crippen molar-refractivity contribution in [3.05, 3.63) is 41.5 Å². The third kappa shape index (κ3) is 6.04. The van der Waals surface area contributed by atoms with Crippen molar-refractivity contribution in [2.75, 3.05) is 18.2 Å². The number of anilines is 1. The van der Waals surface area contributed by atoms with E-state index < -0.39 is 21.7 Å². The van der Waals surface area contributed by atoms with Gasteiger partial charge in [-0.25, -0.2) is 13.2 Å². The van der Waals surface area contributed by atoms with Crippen LogP contribution in [0.15, 0.2) is 35.2 Å². The second-order valence-electron chi connectivity index (χ2n) is 8.40. The summed E-state index contributed by atoms with van der Waals surface area (Å²) in [5.41, 5.74) is 1.72. The first-order chi connectivity index (χ1) is 15.6. The molecular weight excluding hydrogens is 446 g/mol. The number of ether oxygens (including phenoxy) is 2. The Morgan fingerprint density at radius 1 is 1.06 bits per heavy atom. The Hall–Kier alpha value is -3.07. The highest BCUT2D eigenvalue weighted by Gasteiger charge is 2.26. The molecule has 2 aromatic rings. The van der Waals surface area contributed by atoms with E-state index in [2.05, 4.69) is 10.1 Å². The number of hydrogen-bond donors (Lipinski definition) is 2. The molecule has 9 heteroatoms. The Bertz CT molecular complexity index is 1130. The molecule has 1 fully saturated rings. The van der Waals surface area contributed by atoms with E-state index in [1.54, 1.807) is 26.0 Å². The summed E-state index contributed by atoms with van der Waals surface area (Å²) in [6.45, 7) is 3.52. The summed E-state index contributed by atoms with van der Waals surface area (Å²) >= 11 is 0. The number of phenols is 1. The number of aromatic hydroxyl groups is 1. The van der Waals surface area contributed by atoms with Crippen LogP contribution < -0.4 is 10.1 Å². The summed E-state index contributed by atoms with van der Waals surface area (Å²) in [5.74, 6) is -1.33. The largest absolute Gasteiger partial charge is 0.507 e. The molecule has 1 amide bonds. The van der Waals surface area contributed by atoms with Crippen molar-refractivity contribution >= 4 is 27.4 Å². The molecule has 1 aliphatic carbocycles. The number of methoxy groups -OCH3 is 1. The number of hydrogen-bond acceptors (Lipinski definition) is 7. The third-order valence-electron chi connectivity index (χ3n) is 5.76. The first kappa shape index (κ1) is 24.6. The highest BCUT2D eigenvalue weighted by molar-refractivity contribution is 7.91.